The maximum atomic E-state index is 13.7. The van der Waals surface area contributed by atoms with Crippen LogP contribution in [-0.2, 0) is 30.3 Å². The maximum Gasteiger partial charge on any atom is 0.337 e. The molecule has 0 spiro atoms. The predicted octanol–water partition coefficient (Wildman–Crippen LogP) is 2.06. The number of hydrogen-bond donors (Lipinski definition) is 10. The molecule has 10 N–H and O–H groups in total. The quantitative estimate of drug-likeness (QED) is 0.0153. The van der Waals surface area contributed by atoms with Gasteiger partial charge in [-0.25, -0.2) is 9.59 Å². The van der Waals surface area contributed by atoms with E-state index < -0.39 is 72.6 Å². The molecule has 4 heterocycles. The SMILES string of the molecule is Cc1cc(CCCCO)cc(-c2c3[nH]ccc3cn2O[C@@H]2[C@@H](Oc3ccc4c(=O)c(-c5ccc(O)cc5)coc4c3)O[C@@H]([C@@H](O)OC(=O)[C@H](NCCC=O)C(=O)O)[C@H](O)[C@]2(O)[C@H](O)CCCO)c1. The fourth-order valence-electron chi connectivity index (χ4n) is 8.32. The number of aryl methyl sites for hydroxylation is 2. The number of carbonyl (C=O) groups is 3. The molecular formula is C48H53N3O17. The van der Waals surface area contributed by atoms with Crippen molar-refractivity contribution < 1.29 is 78.7 Å². The van der Waals surface area contributed by atoms with Crippen LogP contribution in [0.25, 0.3) is 44.3 Å². The van der Waals surface area contributed by atoms with Crippen molar-refractivity contribution in [3.8, 4) is 33.9 Å². The molecule has 6 aromatic rings. The third-order valence-corrected chi connectivity index (χ3v) is 11.7. The topological polar surface area (TPSA) is 313 Å². The summed E-state index contributed by atoms with van der Waals surface area (Å²) in [6, 6.07) is 15.4. The number of phenolic OH excluding ortho intramolecular Hbond substituents is 1. The molecule has 0 radical (unpaired) electrons. The van der Waals surface area contributed by atoms with E-state index in [1.54, 1.807) is 30.6 Å². The van der Waals surface area contributed by atoms with Gasteiger partial charge in [0.15, 0.2) is 17.1 Å². The highest BCUT2D eigenvalue weighted by molar-refractivity contribution is 5.98. The molecule has 8 atom stereocenters. The third kappa shape index (κ3) is 10.4. The van der Waals surface area contributed by atoms with E-state index in [0.717, 1.165) is 11.1 Å². The molecule has 1 aliphatic rings. The highest BCUT2D eigenvalue weighted by atomic mass is 16.8. The second kappa shape index (κ2) is 21.6. The highest BCUT2D eigenvalue weighted by Gasteiger charge is 2.64. The molecule has 0 unspecified atom stereocenters. The Morgan fingerprint density at radius 2 is 1.76 bits per heavy atom. The van der Waals surface area contributed by atoms with E-state index in [4.69, 9.17) is 23.5 Å². The van der Waals surface area contributed by atoms with Gasteiger partial charge >= 0.3 is 11.9 Å². The summed E-state index contributed by atoms with van der Waals surface area (Å²) in [4.78, 5) is 59.6. The molecule has 68 heavy (non-hydrogen) atoms. The van der Waals surface area contributed by atoms with Crippen LogP contribution in [0.2, 0.25) is 0 Å². The van der Waals surface area contributed by atoms with Crippen molar-refractivity contribution in [1.82, 2.24) is 15.0 Å². The fraction of sp³-hybridized carbons (Fsp3) is 0.375. The molecule has 0 bridgehead atoms. The summed E-state index contributed by atoms with van der Waals surface area (Å²) in [5, 5.41) is 90.1. The second-order valence-corrected chi connectivity index (χ2v) is 16.5. The van der Waals surface area contributed by atoms with Gasteiger partial charge in [-0.15, -0.1) is 0 Å². The van der Waals surface area contributed by atoms with Gasteiger partial charge in [-0.05, 0) is 92.6 Å². The van der Waals surface area contributed by atoms with Crippen molar-refractivity contribution in [2.45, 2.75) is 94.1 Å². The Kier molecular flexibility index (Phi) is 15.6. The number of carbonyl (C=O) groups excluding carboxylic acids is 2. The normalized spacial score (nSPS) is 20.8. The van der Waals surface area contributed by atoms with Gasteiger partial charge in [-0.2, -0.15) is 4.73 Å². The molecule has 20 nitrogen and oxygen atoms in total. The maximum absolute atomic E-state index is 13.7. The van der Waals surface area contributed by atoms with Gasteiger partial charge in [0.1, 0.15) is 41.4 Å². The molecule has 1 saturated heterocycles. The smallest absolute Gasteiger partial charge is 0.337 e. The number of carboxylic acid groups (broad SMARTS) is 1. The molecule has 0 saturated carbocycles. The molecule has 362 valence electrons. The fourth-order valence-corrected chi connectivity index (χ4v) is 8.32. The summed E-state index contributed by atoms with van der Waals surface area (Å²) >= 11 is 0. The average molecular weight is 944 g/mol. The van der Waals surface area contributed by atoms with Crippen LogP contribution in [0.5, 0.6) is 11.5 Å². The van der Waals surface area contributed by atoms with E-state index >= 15 is 0 Å². The van der Waals surface area contributed by atoms with Gasteiger partial charge in [-0.3, -0.25) is 10.1 Å². The average Bonchev–Trinajstić information content (AvgIpc) is 3.91. The van der Waals surface area contributed by atoms with Crippen LogP contribution in [0, 0.1) is 6.92 Å². The molecule has 1 fully saturated rings. The Hall–Kier alpha value is -6.62. The Balaban J connectivity index is 1.33. The summed E-state index contributed by atoms with van der Waals surface area (Å²) in [7, 11) is 0. The Labute approximate surface area is 387 Å². The number of aliphatic hydroxyl groups excluding tert-OH is 5. The number of benzene rings is 3. The molecule has 1 aliphatic heterocycles. The van der Waals surface area contributed by atoms with Crippen molar-refractivity contribution in [3.63, 3.8) is 0 Å². The third-order valence-electron chi connectivity index (χ3n) is 11.7. The van der Waals surface area contributed by atoms with Crippen LogP contribution in [0.15, 0.2) is 94.6 Å². The lowest BCUT2D eigenvalue weighted by molar-refractivity contribution is -0.361. The van der Waals surface area contributed by atoms with Crippen molar-refractivity contribution in [2.24, 2.45) is 0 Å². The first-order chi connectivity index (χ1) is 32.7. The largest absolute Gasteiger partial charge is 0.508 e. The van der Waals surface area contributed by atoms with Crippen LogP contribution < -0.4 is 20.3 Å². The Morgan fingerprint density at radius 3 is 2.49 bits per heavy atom. The Morgan fingerprint density at radius 1 is 1.00 bits per heavy atom. The van der Waals surface area contributed by atoms with Gasteiger partial charge in [-0.1, -0.05) is 23.8 Å². The number of esters is 1. The molecule has 7 rings (SSSR count). The molecule has 20 heteroatoms. The molecule has 0 amide bonds. The summed E-state index contributed by atoms with van der Waals surface area (Å²) in [6.07, 6.45) is -6.88. The number of aromatic nitrogens is 2. The lowest BCUT2D eigenvalue weighted by atomic mass is 9.77. The zero-order valence-electron chi connectivity index (χ0n) is 36.8. The van der Waals surface area contributed by atoms with E-state index in [9.17, 15) is 60.0 Å². The molecule has 0 aliphatic carbocycles. The lowest BCUT2D eigenvalue weighted by Gasteiger charge is -2.51. The van der Waals surface area contributed by atoms with Crippen molar-refractivity contribution >= 4 is 40.1 Å². The molecular weight excluding hydrogens is 891 g/mol. The number of aliphatic carboxylic acids is 1. The van der Waals surface area contributed by atoms with E-state index in [-0.39, 0.29) is 60.4 Å². The minimum absolute atomic E-state index is 0.00561. The minimum atomic E-state index is -2.94. The number of phenols is 1. The molecule has 3 aromatic heterocycles. The predicted molar refractivity (Wildman–Crippen MR) is 241 cm³/mol. The number of rotatable bonds is 22. The number of unbranched alkanes of at least 4 members (excludes halogenated alkanes) is 1. The van der Waals surface area contributed by atoms with Gasteiger partial charge in [0.2, 0.25) is 24.7 Å². The van der Waals surface area contributed by atoms with E-state index in [1.165, 1.54) is 41.3 Å². The van der Waals surface area contributed by atoms with Crippen LogP contribution in [-0.4, -0.2) is 137 Å². The zero-order valence-corrected chi connectivity index (χ0v) is 36.8. The first kappa shape index (κ1) is 49.3. The summed E-state index contributed by atoms with van der Waals surface area (Å²) in [5.41, 5.74) is 0.784. The van der Waals surface area contributed by atoms with E-state index in [2.05, 4.69) is 10.3 Å². The van der Waals surface area contributed by atoms with Crippen LogP contribution in [0.1, 0.15) is 43.2 Å². The number of H-pyrrole nitrogens is 1. The van der Waals surface area contributed by atoms with Gasteiger partial charge < -0.3 is 74.1 Å². The van der Waals surface area contributed by atoms with Gasteiger partial charge in [0.25, 0.3) is 0 Å². The van der Waals surface area contributed by atoms with Crippen LogP contribution >= 0.6 is 0 Å². The second-order valence-electron chi connectivity index (χ2n) is 16.5. The summed E-state index contributed by atoms with van der Waals surface area (Å²) in [5.74, 6) is -3.40. The van der Waals surface area contributed by atoms with Crippen LogP contribution in [0.3, 0.4) is 0 Å². The monoisotopic (exact) mass is 943 g/mol. The first-order valence-corrected chi connectivity index (χ1v) is 21.9. The van der Waals surface area contributed by atoms with E-state index in [1.807, 2.05) is 25.1 Å². The molecule has 3 aromatic carbocycles. The number of ether oxygens (including phenoxy) is 3. The van der Waals surface area contributed by atoms with E-state index in [0.29, 0.717) is 53.3 Å². The van der Waals surface area contributed by atoms with Crippen molar-refractivity contribution in [3.05, 3.63) is 107 Å². The highest BCUT2D eigenvalue weighted by Crippen LogP contribution is 2.40. The van der Waals surface area contributed by atoms with Gasteiger partial charge in [0.05, 0.1) is 28.8 Å². The lowest BCUT2D eigenvalue weighted by Crippen LogP contribution is -2.75. The van der Waals surface area contributed by atoms with Gasteiger partial charge in [0, 0.05) is 49.4 Å². The zero-order chi connectivity index (χ0) is 48.7. The number of aromatic amines is 1. The summed E-state index contributed by atoms with van der Waals surface area (Å²) < 4.78 is 24.7. The number of aromatic hydroxyl groups is 1. The standard InChI is InChI=1S/C48H53N3O17/c1-26-20-27(6-2-3-17-52)22-30(21-26)39-37-29(14-16-50-37)24-51(39)68-43-47(65-32-12-13-33-35(23-32)64-25-34(40(33)57)28-8-10-31(55)11-9-28)66-41(42(58)48(43,63)36(56)7-4-18-53)46(62)67-45(61)38(44(59)60)49-15-5-19-54/h8-14,16,19-25,36,38,41-43,46-47,49-50,52-53,55-56,58,62-63H,2-7,15,17-18H2,1H3,(H,59,60)/t36-,38-,41-,42+,43-,46+,47+,48-/m1/s1. The first-order valence-electron chi connectivity index (χ1n) is 21.9. The Bertz CT molecular complexity index is 2770. The number of hydrogen-bond acceptors (Lipinski definition) is 17. The number of nitrogens with one attached hydrogen (secondary N) is 2. The minimum Gasteiger partial charge on any atom is -0.508 e. The number of aldehydes is 1. The number of nitrogens with zero attached hydrogens (tertiary/aromatic N) is 1. The van der Waals surface area contributed by atoms with Crippen LogP contribution in [0.4, 0.5) is 0 Å². The number of aliphatic hydroxyl groups is 6. The van der Waals surface area contributed by atoms with Crippen molar-refractivity contribution in [2.75, 3.05) is 19.8 Å². The van der Waals surface area contributed by atoms with Crippen molar-refractivity contribution in [1.29, 1.82) is 0 Å². The number of fused-ring (bicyclic) bond motifs is 2. The summed E-state index contributed by atoms with van der Waals surface area (Å²) in [6.45, 7) is 1.22. The number of carboxylic acids is 1.